The van der Waals surface area contributed by atoms with Gasteiger partial charge in [-0.2, -0.15) is 11.8 Å². The lowest BCUT2D eigenvalue weighted by Crippen LogP contribution is -2.33. The van der Waals surface area contributed by atoms with E-state index in [2.05, 4.69) is 11.2 Å². The molecule has 0 aliphatic heterocycles. The van der Waals surface area contributed by atoms with E-state index >= 15 is 0 Å². The second-order valence-corrected chi connectivity index (χ2v) is 4.29. The van der Waals surface area contributed by atoms with E-state index in [-0.39, 0.29) is 12.5 Å². The van der Waals surface area contributed by atoms with Crippen LogP contribution in [0.5, 0.6) is 0 Å². The number of rotatable bonds is 8. The van der Waals surface area contributed by atoms with Gasteiger partial charge in [-0.3, -0.25) is 9.59 Å². The molecule has 0 saturated carbocycles. The maximum absolute atomic E-state index is 11.2. The van der Waals surface area contributed by atoms with Crippen LogP contribution in [0.15, 0.2) is 0 Å². The number of carbonyl (C=O) groups is 2. The predicted octanol–water partition coefficient (Wildman–Crippen LogP) is -0.250. The van der Waals surface area contributed by atoms with E-state index in [0.29, 0.717) is 24.5 Å². The van der Waals surface area contributed by atoms with Crippen LogP contribution in [0.4, 0.5) is 0 Å². The van der Waals surface area contributed by atoms with Crippen LogP contribution in [0, 0.1) is 12.3 Å². The van der Waals surface area contributed by atoms with E-state index in [1.165, 1.54) is 11.8 Å². The fourth-order valence-corrected chi connectivity index (χ4v) is 1.80. The van der Waals surface area contributed by atoms with Gasteiger partial charge in [-0.15, -0.1) is 6.42 Å². The van der Waals surface area contributed by atoms with Crippen molar-refractivity contribution in [1.29, 1.82) is 0 Å². The molecule has 96 valence electrons. The molecule has 1 atom stereocenters. The van der Waals surface area contributed by atoms with Crippen molar-refractivity contribution >= 4 is 23.6 Å². The van der Waals surface area contributed by atoms with Crippen LogP contribution in [0.1, 0.15) is 13.3 Å². The quantitative estimate of drug-likeness (QED) is 0.356. The summed E-state index contributed by atoms with van der Waals surface area (Å²) < 4.78 is 4.76. The normalized spacial score (nSPS) is 11.4. The average Bonchev–Trinajstić information content (AvgIpc) is 2.32. The van der Waals surface area contributed by atoms with E-state index < -0.39 is 12.0 Å². The summed E-state index contributed by atoms with van der Waals surface area (Å²) in [5.74, 6) is 2.75. The van der Waals surface area contributed by atoms with E-state index in [1.807, 2.05) is 0 Å². The maximum Gasteiger partial charge on any atom is 0.322 e. The van der Waals surface area contributed by atoms with E-state index in [0.717, 1.165) is 0 Å². The van der Waals surface area contributed by atoms with E-state index in [1.54, 1.807) is 6.92 Å². The highest BCUT2D eigenvalue weighted by atomic mass is 32.2. The van der Waals surface area contributed by atoms with Crippen LogP contribution >= 0.6 is 11.8 Å². The minimum absolute atomic E-state index is 0.113. The van der Waals surface area contributed by atoms with Gasteiger partial charge in [-0.25, -0.2) is 0 Å². The van der Waals surface area contributed by atoms with Crippen molar-refractivity contribution in [3.8, 4) is 12.3 Å². The molecule has 1 unspecified atom stereocenters. The second kappa shape index (κ2) is 10.00. The topological polar surface area (TPSA) is 81.4 Å². The predicted molar refractivity (Wildman–Crippen MR) is 68.4 cm³/mol. The summed E-state index contributed by atoms with van der Waals surface area (Å²) in [6.07, 6.45) is 5.49. The molecule has 3 N–H and O–H groups in total. The first-order chi connectivity index (χ1) is 8.11. The zero-order valence-electron chi connectivity index (χ0n) is 9.90. The van der Waals surface area contributed by atoms with Gasteiger partial charge in [0.05, 0.1) is 18.9 Å². The van der Waals surface area contributed by atoms with Crippen molar-refractivity contribution in [3.05, 3.63) is 0 Å². The molecule has 17 heavy (non-hydrogen) atoms. The highest BCUT2D eigenvalue weighted by Gasteiger charge is 2.13. The van der Waals surface area contributed by atoms with Crippen LogP contribution in [-0.2, 0) is 14.3 Å². The van der Waals surface area contributed by atoms with Gasteiger partial charge in [0.25, 0.3) is 0 Å². The molecular formula is C11H18N2O3S. The molecule has 0 fully saturated rings. The second-order valence-electron chi connectivity index (χ2n) is 3.18. The van der Waals surface area contributed by atoms with Crippen molar-refractivity contribution in [2.45, 2.75) is 19.4 Å². The number of ether oxygens (including phenoxy) is 1. The lowest BCUT2D eigenvalue weighted by molar-refractivity contribution is -0.144. The largest absolute Gasteiger partial charge is 0.465 e. The highest BCUT2D eigenvalue weighted by Crippen LogP contribution is 2.04. The number of nitrogens with two attached hydrogens (primary N) is 1. The van der Waals surface area contributed by atoms with Crippen LogP contribution in [0.3, 0.4) is 0 Å². The first kappa shape index (κ1) is 15.8. The van der Waals surface area contributed by atoms with Gasteiger partial charge in [0.2, 0.25) is 5.91 Å². The Balaban J connectivity index is 3.54. The third-order valence-electron chi connectivity index (χ3n) is 1.78. The monoisotopic (exact) mass is 258 g/mol. The number of hydrogen-bond acceptors (Lipinski definition) is 5. The van der Waals surface area contributed by atoms with Gasteiger partial charge in [-0.1, -0.05) is 5.92 Å². The number of nitrogens with one attached hydrogen (secondary N) is 1. The third kappa shape index (κ3) is 8.60. The lowest BCUT2D eigenvalue weighted by Gasteiger charge is -2.09. The standard InChI is InChI=1S/C11H18N2O3S/c1-3-6-13-10(14)8-17-7-5-9(12)11(15)16-4-2/h1,9H,4-8,12H2,2H3,(H,13,14). The number of amides is 1. The third-order valence-corrected chi connectivity index (χ3v) is 2.77. The molecule has 0 radical (unpaired) electrons. The smallest absolute Gasteiger partial charge is 0.322 e. The zero-order chi connectivity index (χ0) is 13.1. The van der Waals surface area contributed by atoms with Crippen molar-refractivity contribution in [1.82, 2.24) is 5.32 Å². The number of terminal acetylenes is 1. The highest BCUT2D eigenvalue weighted by molar-refractivity contribution is 7.99. The Morgan fingerprint density at radius 1 is 1.59 bits per heavy atom. The van der Waals surface area contributed by atoms with Crippen molar-refractivity contribution in [3.63, 3.8) is 0 Å². The van der Waals surface area contributed by atoms with Crippen molar-refractivity contribution in [2.75, 3.05) is 24.7 Å². The summed E-state index contributed by atoms with van der Waals surface area (Å²) in [4.78, 5) is 22.3. The molecule has 0 saturated heterocycles. The lowest BCUT2D eigenvalue weighted by atomic mass is 10.2. The summed E-state index contributed by atoms with van der Waals surface area (Å²) in [5, 5.41) is 2.54. The fraction of sp³-hybridized carbons (Fsp3) is 0.636. The molecule has 0 rings (SSSR count). The number of thioether (sulfide) groups is 1. The number of carbonyl (C=O) groups excluding carboxylic acids is 2. The molecular weight excluding hydrogens is 240 g/mol. The molecule has 0 aliphatic rings. The van der Waals surface area contributed by atoms with Gasteiger partial charge in [-0.05, 0) is 19.1 Å². The SMILES string of the molecule is C#CCNC(=O)CSCCC(N)C(=O)OCC. The Morgan fingerprint density at radius 2 is 2.29 bits per heavy atom. The van der Waals surface area contributed by atoms with Gasteiger partial charge in [0.1, 0.15) is 6.04 Å². The fourth-order valence-electron chi connectivity index (χ4n) is 0.943. The van der Waals surface area contributed by atoms with Crippen LogP contribution in [-0.4, -0.2) is 42.6 Å². The summed E-state index contributed by atoms with van der Waals surface area (Å²) in [7, 11) is 0. The maximum atomic E-state index is 11.2. The van der Waals surface area contributed by atoms with Crippen molar-refractivity contribution in [2.24, 2.45) is 5.73 Å². The molecule has 0 aromatic carbocycles. The first-order valence-electron chi connectivity index (χ1n) is 5.32. The van der Waals surface area contributed by atoms with Gasteiger partial charge in [0, 0.05) is 0 Å². The van der Waals surface area contributed by atoms with Gasteiger partial charge in [0.15, 0.2) is 0 Å². The summed E-state index contributed by atoms with van der Waals surface area (Å²) in [6.45, 7) is 2.30. The minimum Gasteiger partial charge on any atom is -0.465 e. The Hall–Kier alpha value is -1.19. The van der Waals surface area contributed by atoms with Crippen molar-refractivity contribution < 1.29 is 14.3 Å². The summed E-state index contributed by atoms with van der Waals surface area (Å²) >= 11 is 1.41. The molecule has 0 aliphatic carbocycles. The van der Waals surface area contributed by atoms with Gasteiger partial charge < -0.3 is 15.8 Å². The molecule has 0 spiro atoms. The van der Waals surface area contributed by atoms with Gasteiger partial charge >= 0.3 is 5.97 Å². The molecule has 0 heterocycles. The summed E-state index contributed by atoms with van der Waals surface area (Å²) in [5.41, 5.74) is 5.59. The van der Waals surface area contributed by atoms with E-state index in [9.17, 15) is 9.59 Å². The number of hydrogen-bond donors (Lipinski definition) is 2. The molecule has 0 aromatic heterocycles. The Bertz CT molecular complexity index is 289. The Morgan fingerprint density at radius 3 is 2.88 bits per heavy atom. The first-order valence-corrected chi connectivity index (χ1v) is 6.47. The average molecular weight is 258 g/mol. The molecule has 1 amide bonds. The molecule has 5 nitrogen and oxygen atoms in total. The van der Waals surface area contributed by atoms with Crippen LogP contribution in [0.2, 0.25) is 0 Å². The Kier molecular flexibility index (Phi) is 9.30. The van der Waals surface area contributed by atoms with E-state index in [4.69, 9.17) is 16.9 Å². The number of esters is 1. The Labute approximate surface area is 106 Å². The molecule has 0 bridgehead atoms. The van der Waals surface area contributed by atoms with Crippen LogP contribution in [0.25, 0.3) is 0 Å². The zero-order valence-corrected chi connectivity index (χ0v) is 10.7. The molecule has 0 aromatic rings. The molecule has 6 heteroatoms. The van der Waals surface area contributed by atoms with Crippen LogP contribution < -0.4 is 11.1 Å². The summed E-state index contributed by atoms with van der Waals surface area (Å²) in [6, 6.07) is -0.615. The minimum atomic E-state index is -0.615.